The minimum absolute atomic E-state index is 0.505. The molecule has 1 aliphatic rings. The maximum absolute atomic E-state index is 9.65. The summed E-state index contributed by atoms with van der Waals surface area (Å²) in [6.45, 7) is -0.505. The quantitative estimate of drug-likeness (QED) is 0.610. The van der Waals surface area contributed by atoms with E-state index < -0.39 is 18.6 Å². The van der Waals surface area contributed by atoms with Crippen molar-refractivity contribution in [1.82, 2.24) is 0 Å². The molecule has 1 aromatic carbocycles. The number of para-hydroxylation sites is 1. The Bertz CT molecular complexity index is 458. The number of aliphatic hydroxyl groups excluding tert-OH is 1. The smallest absolute Gasteiger partial charge is 0.322 e. The van der Waals surface area contributed by atoms with Crippen molar-refractivity contribution in [3.05, 3.63) is 35.9 Å². The van der Waals surface area contributed by atoms with E-state index in [4.69, 9.17) is 15.9 Å². The molecule has 6 nitrogen and oxygen atoms in total. The van der Waals surface area contributed by atoms with Gasteiger partial charge in [-0.25, -0.2) is 0 Å². The van der Waals surface area contributed by atoms with Crippen molar-refractivity contribution in [2.45, 2.75) is 6.04 Å². The lowest BCUT2D eigenvalue weighted by atomic mass is 10.2. The number of hydrazone groups is 1. The lowest BCUT2D eigenvalue weighted by Gasteiger charge is -2.00. The van der Waals surface area contributed by atoms with Crippen molar-refractivity contribution in [3.8, 4) is 0 Å². The van der Waals surface area contributed by atoms with Gasteiger partial charge >= 0.3 is 5.97 Å². The molecule has 18 heavy (non-hydrogen) atoms. The summed E-state index contributed by atoms with van der Waals surface area (Å²) in [5, 5.41) is 19.8. The van der Waals surface area contributed by atoms with Gasteiger partial charge in [-0.1, -0.05) is 24.3 Å². The van der Waals surface area contributed by atoms with Crippen LogP contribution in [-0.2, 0) is 4.79 Å². The normalized spacial score (nSPS) is 13.4. The third-order valence-corrected chi connectivity index (χ3v) is 2.10. The molecule has 0 radical (unpaired) electrons. The summed E-state index contributed by atoms with van der Waals surface area (Å²) in [6.07, 6.45) is 5.68. The highest BCUT2D eigenvalue weighted by Gasteiger charge is 2.07. The van der Waals surface area contributed by atoms with Crippen LogP contribution in [-0.4, -0.2) is 35.0 Å². The van der Waals surface area contributed by atoms with Crippen molar-refractivity contribution in [1.29, 1.82) is 0 Å². The van der Waals surface area contributed by atoms with Gasteiger partial charge in [0.2, 0.25) is 0 Å². The van der Waals surface area contributed by atoms with Gasteiger partial charge in [-0.05, 0) is 17.7 Å². The van der Waals surface area contributed by atoms with Gasteiger partial charge in [-0.15, -0.1) is 0 Å². The number of carboxylic acid groups (broad SMARTS) is 1. The molecular weight excluding hydrogens is 234 g/mol. The number of nitrogens with zero attached hydrogens (tertiary/aromatic N) is 1. The zero-order valence-electron chi connectivity index (χ0n) is 9.65. The van der Waals surface area contributed by atoms with Crippen LogP contribution in [0.15, 0.2) is 35.4 Å². The molecular formula is C12H15N3O3. The molecule has 6 heteroatoms. The predicted molar refractivity (Wildman–Crippen MR) is 70.3 cm³/mol. The van der Waals surface area contributed by atoms with Crippen molar-refractivity contribution in [2.24, 2.45) is 10.8 Å². The number of aliphatic hydroxyl groups is 1. The van der Waals surface area contributed by atoms with E-state index in [0.29, 0.717) is 0 Å². The molecule has 5 N–H and O–H groups in total. The fourth-order valence-electron chi connectivity index (χ4n) is 1.12. The second kappa shape index (κ2) is 7.21. The fraction of sp³-hybridized carbons (Fsp3) is 0.167. The summed E-state index contributed by atoms with van der Waals surface area (Å²) in [4.78, 5) is 9.65. The van der Waals surface area contributed by atoms with Crippen LogP contribution in [0.1, 0.15) is 5.56 Å². The number of benzene rings is 1. The van der Waals surface area contributed by atoms with Crippen molar-refractivity contribution in [3.63, 3.8) is 0 Å². The zero-order valence-corrected chi connectivity index (χ0v) is 9.65. The standard InChI is InChI=1S/C9H8N2.C3H7NO3/c1-2-6-9-8(4-1)5-3-7-10-11-9;4-2(1-5)3(6)7/h1-7,11H;2,5H,1,4H2,(H,6,7)/t;2-/m.0/s1. The van der Waals surface area contributed by atoms with E-state index in [-0.39, 0.29) is 0 Å². The highest BCUT2D eigenvalue weighted by atomic mass is 16.4. The number of rotatable bonds is 2. The zero-order chi connectivity index (χ0) is 13.4. The number of allylic oxidation sites excluding steroid dienone is 1. The minimum Gasteiger partial charge on any atom is -0.480 e. The molecule has 0 spiro atoms. The number of hydrogen-bond acceptors (Lipinski definition) is 5. The average molecular weight is 249 g/mol. The molecule has 1 aliphatic heterocycles. The van der Waals surface area contributed by atoms with Gasteiger partial charge in [0.1, 0.15) is 6.04 Å². The Kier molecular flexibility index (Phi) is 5.56. The molecule has 0 aromatic heterocycles. The molecule has 0 aliphatic carbocycles. The van der Waals surface area contributed by atoms with Gasteiger partial charge in [0, 0.05) is 6.21 Å². The van der Waals surface area contributed by atoms with Gasteiger partial charge in [0.05, 0.1) is 12.3 Å². The molecule has 0 unspecified atom stereocenters. The first kappa shape index (κ1) is 13.9. The fourth-order valence-corrected chi connectivity index (χ4v) is 1.12. The molecule has 0 fully saturated rings. The number of aliphatic carboxylic acids is 1. The number of fused-ring (bicyclic) bond motifs is 1. The summed E-state index contributed by atoms with van der Waals surface area (Å²) in [5.74, 6) is -1.18. The van der Waals surface area contributed by atoms with Crippen LogP contribution < -0.4 is 11.2 Å². The molecule has 1 atom stereocenters. The van der Waals surface area contributed by atoms with Crippen molar-refractivity contribution >= 4 is 23.9 Å². The molecule has 0 amide bonds. The van der Waals surface area contributed by atoms with Gasteiger partial charge in [-0.2, -0.15) is 5.10 Å². The molecule has 0 saturated heterocycles. The lowest BCUT2D eigenvalue weighted by Crippen LogP contribution is -2.33. The number of nitrogens with one attached hydrogen (secondary N) is 1. The van der Waals surface area contributed by atoms with Crippen LogP contribution in [0.25, 0.3) is 6.08 Å². The molecule has 0 bridgehead atoms. The summed E-state index contributed by atoms with van der Waals surface area (Å²) >= 11 is 0. The average Bonchev–Trinajstić information content (AvgIpc) is 2.63. The van der Waals surface area contributed by atoms with Crippen LogP contribution in [0.4, 0.5) is 5.69 Å². The minimum atomic E-state index is -1.18. The third kappa shape index (κ3) is 4.36. The van der Waals surface area contributed by atoms with E-state index in [1.54, 1.807) is 6.21 Å². The van der Waals surface area contributed by atoms with E-state index in [1.165, 1.54) is 5.56 Å². The monoisotopic (exact) mass is 249 g/mol. The Morgan fingerprint density at radius 1 is 1.44 bits per heavy atom. The maximum atomic E-state index is 9.65. The lowest BCUT2D eigenvalue weighted by molar-refractivity contribution is -0.139. The van der Waals surface area contributed by atoms with Gasteiger partial charge < -0.3 is 15.9 Å². The maximum Gasteiger partial charge on any atom is 0.322 e. The number of hydrogen-bond donors (Lipinski definition) is 4. The second-order valence-corrected chi connectivity index (χ2v) is 3.46. The third-order valence-electron chi connectivity index (χ3n) is 2.10. The first-order valence-corrected chi connectivity index (χ1v) is 5.29. The molecule has 2 rings (SSSR count). The Balaban J connectivity index is 0.000000203. The van der Waals surface area contributed by atoms with E-state index in [9.17, 15) is 4.79 Å². The van der Waals surface area contributed by atoms with E-state index >= 15 is 0 Å². The summed E-state index contributed by atoms with van der Waals surface area (Å²) in [6, 6.07) is 6.92. The largest absolute Gasteiger partial charge is 0.480 e. The van der Waals surface area contributed by atoms with E-state index in [2.05, 4.69) is 10.5 Å². The van der Waals surface area contributed by atoms with Crippen LogP contribution in [0.3, 0.4) is 0 Å². The van der Waals surface area contributed by atoms with Gasteiger partial charge in [-0.3, -0.25) is 10.2 Å². The Morgan fingerprint density at radius 3 is 2.78 bits per heavy atom. The highest BCUT2D eigenvalue weighted by molar-refractivity contribution is 5.83. The second-order valence-electron chi connectivity index (χ2n) is 3.46. The van der Waals surface area contributed by atoms with Crippen LogP contribution >= 0.6 is 0 Å². The van der Waals surface area contributed by atoms with Crippen molar-refractivity contribution < 1.29 is 15.0 Å². The summed E-state index contributed by atoms with van der Waals surface area (Å²) in [5.41, 5.74) is 9.92. The Hall–Kier alpha value is -2.18. The summed E-state index contributed by atoms with van der Waals surface area (Å²) in [7, 11) is 0. The topological polar surface area (TPSA) is 108 Å². The van der Waals surface area contributed by atoms with Gasteiger partial charge in [0.15, 0.2) is 0 Å². The Morgan fingerprint density at radius 2 is 2.17 bits per heavy atom. The van der Waals surface area contributed by atoms with Crippen LogP contribution in [0, 0.1) is 0 Å². The van der Waals surface area contributed by atoms with Crippen LogP contribution in [0.2, 0.25) is 0 Å². The molecule has 96 valence electrons. The van der Waals surface area contributed by atoms with Crippen molar-refractivity contribution in [2.75, 3.05) is 12.0 Å². The number of carbonyl (C=O) groups is 1. The molecule has 1 heterocycles. The number of nitrogens with two attached hydrogens (primary N) is 1. The summed E-state index contributed by atoms with van der Waals surface area (Å²) < 4.78 is 0. The Labute approximate surface area is 104 Å². The van der Waals surface area contributed by atoms with E-state index in [0.717, 1.165) is 5.69 Å². The molecule has 1 aromatic rings. The van der Waals surface area contributed by atoms with E-state index in [1.807, 2.05) is 36.4 Å². The predicted octanol–water partition coefficient (Wildman–Crippen LogP) is 0.502. The first-order chi connectivity index (χ1) is 8.65. The highest BCUT2D eigenvalue weighted by Crippen LogP contribution is 2.17. The van der Waals surface area contributed by atoms with Gasteiger partial charge in [0.25, 0.3) is 0 Å². The number of anilines is 1. The van der Waals surface area contributed by atoms with Crippen LogP contribution in [0.5, 0.6) is 0 Å². The SMILES string of the molecule is C1=Cc2ccccc2NN=C1.N[C@@H](CO)C(=O)O. The first-order valence-electron chi connectivity index (χ1n) is 5.29. The molecule has 0 saturated carbocycles. The number of carboxylic acids is 1.